The zero-order chi connectivity index (χ0) is 13.5. The van der Waals surface area contributed by atoms with Crippen molar-refractivity contribution in [2.24, 2.45) is 5.92 Å². The molecule has 0 aliphatic rings. The fourth-order valence-electron chi connectivity index (χ4n) is 1.99. The summed E-state index contributed by atoms with van der Waals surface area (Å²) in [6.07, 6.45) is 2.77. The fraction of sp³-hybridized carbons (Fsp3) is 0.571. The van der Waals surface area contributed by atoms with Gasteiger partial charge in [-0.1, -0.05) is 13.8 Å². The number of nitrogens with zero attached hydrogens (tertiary/aromatic N) is 3. The number of rotatable bonds is 6. The summed E-state index contributed by atoms with van der Waals surface area (Å²) in [6, 6.07) is 6.05. The van der Waals surface area contributed by atoms with Crippen molar-refractivity contribution >= 4 is 5.82 Å². The van der Waals surface area contributed by atoms with Crippen LogP contribution in [-0.4, -0.2) is 36.6 Å². The molecule has 0 saturated heterocycles. The Bertz CT molecular complexity index is 397. The molecule has 0 fully saturated rings. The molecular formula is C14H22N4. The summed E-state index contributed by atoms with van der Waals surface area (Å²) < 4.78 is 0. The molecule has 0 aliphatic heterocycles. The van der Waals surface area contributed by atoms with Crippen LogP contribution in [0.15, 0.2) is 18.3 Å². The largest absolute Gasteiger partial charge is 0.365 e. The second-order valence-corrected chi connectivity index (χ2v) is 5.24. The minimum atomic E-state index is 0.307. The Morgan fingerprint density at radius 3 is 2.72 bits per heavy atom. The van der Waals surface area contributed by atoms with Crippen molar-refractivity contribution < 1.29 is 0 Å². The van der Waals surface area contributed by atoms with Gasteiger partial charge in [0, 0.05) is 18.8 Å². The van der Waals surface area contributed by atoms with Crippen molar-refractivity contribution in [3.05, 3.63) is 23.9 Å². The number of anilines is 1. The van der Waals surface area contributed by atoms with E-state index in [0.717, 1.165) is 13.0 Å². The zero-order valence-corrected chi connectivity index (χ0v) is 11.6. The van der Waals surface area contributed by atoms with Crippen LogP contribution in [0.1, 0.15) is 25.8 Å². The quantitative estimate of drug-likeness (QED) is 0.837. The van der Waals surface area contributed by atoms with E-state index in [9.17, 15) is 0 Å². The van der Waals surface area contributed by atoms with Crippen molar-refractivity contribution in [3.63, 3.8) is 0 Å². The monoisotopic (exact) mass is 246 g/mol. The lowest BCUT2D eigenvalue weighted by atomic mass is 10.0. The normalized spacial score (nSPS) is 12.5. The van der Waals surface area contributed by atoms with Crippen molar-refractivity contribution in [1.82, 2.24) is 9.88 Å². The van der Waals surface area contributed by atoms with E-state index in [1.165, 1.54) is 0 Å². The summed E-state index contributed by atoms with van der Waals surface area (Å²) in [5, 5.41) is 12.4. The standard InChI is InChI=1S/C14H22N4/c1-11(2)8-13(10-18(3)4)17-14-12(9-15)6-5-7-16-14/h5-7,11,13H,8,10H2,1-4H3,(H,16,17). The van der Waals surface area contributed by atoms with Gasteiger partial charge in [0.2, 0.25) is 0 Å². The van der Waals surface area contributed by atoms with Gasteiger partial charge in [0.15, 0.2) is 0 Å². The fourth-order valence-corrected chi connectivity index (χ4v) is 1.99. The first-order valence-corrected chi connectivity index (χ1v) is 6.29. The lowest BCUT2D eigenvalue weighted by molar-refractivity contribution is 0.356. The van der Waals surface area contributed by atoms with E-state index in [4.69, 9.17) is 5.26 Å². The first kappa shape index (κ1) is 14.5. The average Bonchev–Trinajstić information content (AvgIpc) is 2.27. The summed E-state index contributed by atoms with van der Waals surface area (Å²) in [6.45, 7) is 5.33. The molecule has 0 bridgehead atoms. The van der Waals surface area contributed by atoms with Crippen LogP contribution < -0.4 is 5.32 Å². The number of hydrogen-bond donors (Lipinski definition) is 1. The summed E-state index contributed by atoms with van der Waals surface area (Å²) in [5.74, 6) is 1.30. The summed E-state index contributed by atoms with van der Waals surface area (Å²) >= 11 is 0. The van der Waals surface area contributed by atoms with Gasteiger partial charge in [-0.3, -0.25) is 0 Å². The van der Waals surface area contributed by atoms with E-state index in [0.29, 0.717) is 23.3 Å². The molecule has 0 amide bonds. The van der Waals surface area contributed by atoms with Crippen LogP contribution in [0.5, 0.6) is 0 Å². The third-order valence-corrected chi connectivity index (χ3v) is 2.61. The second kappa shape index (κ2) is 6.97. The van der Waals surface area contributed by atoms with E-state index >= 15 is 0 Å². The lowest BCUT2D eigenvalue weighted by Crippen LogP contribution is -2.34. The molecule has 1 rings (SSSR count). The molecule has 18 heavy (non-hydrogen) atoms. The summed E-state index contributed by atoms with van der Waals surface area (Å²) in [4.78, 5) is 6.40. The molecule has 0 aliphatic carbocycles. The summed E-state index contributed by atoms with van der Waals surface area (Å²) in [5.41, 5.74) is 0.602. The Hall–Kier alpha value is -1.60. The van der Waals surface area contributed by atoms with Crippen LogP contribution in [0.2, 0.25) is 0 Å². The Kier molecular flexibility index (Phi) is 5.60. The molecule has 1 N–H and O–H groups in total. The molecule has 98 valence electrons. The Balaban J connectivity index is 2.79. The molecule has 0 spiro atoms. The van der Waals surface area contributed by atoms with Crippen molar-refractivity contribution in [1.29, 1.82) is 5.26 Å². The van der Waals surface area contributed by atoms with Crippen molar-refractivity contribution in [2.45, 2.75) is 26.3 Å². The molecule has 0 aromatic carbocycles. The molecule has 0 saturated carbocycles. The predicted molar refractivity (Wildman–Crippen MR) is 74.4 cm³/mol. The van der Waals surface area contributed by atoms with Gasteiger partial charge in [0.25, 0.3) is 0 Å². The maximum atomic E-state index is 9.05. The summed E-state index contributed by atoms with van der Waals surface area (Å²) in [7, 11) is 4.11. The molecular weight excluding hydrogens is 224 g/mol. The minimum Gasteiger partial charge on any atom is -0.365 e. The maximum Gasteiger partial charge on any atom is 0.144 e. The number of hydrogen-bond acceptors (Lipinski definition) is 4. The first-order valence-electron chi connectivity index (χ1n) is 6.29. The van der Waals surface area contributed by atoms with Gasteiger partial charge in [-0.05, 0) is 38.6 Å². The van der Waals surface area contributed by atoms with E-state index in [1.54, 1.807) is 18.3 Å². The van der Waals surface area contributed by atoms with Crippen LogP contribution in [0, 0.1) is 17.2 Å². The highest BCUT2D eigenvalue weighted by molar-refractivity contribution is 5.51. The third kappa shape index (κ3) is 4.72. The molecule has 4 nitrogen and oxygen atoms in total. The van der Waals surface area contributed by atoms with Crippen LogP contribution >= 0.6 is 0 Å². The highest BCUT2D eigenvalue weighted by atomic mass is 15.1. The van der Waals surface area contributed by atoms with Gasteiger partial charge in [0.05, 0.1) is 5.56 Å². The number of nitrogens with one attached hydrogen (secondary N) is 1. The number of likely N-dealkylation sites (N-methyl/N-ethyl adjacent to an activating group) is 1. The van der Waals surface area contributed by atoms with Crippen LogP contribution in [0.4, 0.5) is 5.82 Å². The van der Waals surface area contributed by atoms with Crippen LogP contribution in [0.3, 0.4) is 0 Å². The number of pyridine rings is 1. The van der Waals surface area contributed by atoms with Gasteiger partial charge in [-0.25, -0.2) is 4.98 Å². The molecule has 0 radical (unpaired) electrons. The minimum absolute atomic E-state index is 0.307. The third-order valence-electron chi connectivity index (χ3n) is 2.61. The molecule has 1 unspecified atom stereocenters. The highest BCUT2D eigenvalue weighted by Crippen LogP contribution is 2.15. The Morgan fingerprint density at radius 1 is 1.44 bits per heavy atom. The molecule has 4 heteroatoms. The van der Waals surface area contributed by atoms with E-state index in [-0.39, 0.29) is 0 Å². The molecule has 1 atom stereocenters. The predicted octanol–water partition coefficient (Wildman–Crippen LogP) is 2.34. The van der Waals surface area contributed by atoms with Gasteiger partial charge in [-0.15, -0.1) is 0 Å². The number of nitriles is 1. The second-order valence-electron chi connectivity index (χ2n) is 5.24. The van der Waals surface area contributed by atoms with Gasteiger partial charge < -0.3 is 10.2 Å². The molecule has 1 aromatic rings. The lowest BCUT2D eigenvalue weighted by Gasteiger charge is -2.24. The van der Waals surface area contributed by atoms with E-state index < -0.39 is 0 Å². The van der Waals surface area contributed by atoms with E-state index in [2.05, 4.69) is 49.2 Å². The zero-order valence-electron chi connectivity index (χ0n) is 11.6. The highest BCUT2D eigenvalue weighted by Gasteiger charge is 2.14. The van der Waals surface area contributed by atoms with Gasteiger partial charge in [0.1, 0.15) is 11.9 Å². The van der Waals surface area contributed by atoms with Crippen LogP contribution in [0.25, 0.3) is 0 Å². The van der Waals surface area contributed by atoms with Crippen molar-refractivity contribution in [3.8, 4) is 6.07 Å². The Morgan fingerprint density at radius 2 is 2.17 bits per heavy atom. The molecule has 1 heterocycles. The SMILES string of the molecule is CC(C)CC(CN(C)C)Nc1ncccc1C#N. The molecule has 1 aromatic heterocycles. The smallest absolute Gasteiger partial charge is 0.144 e. The average molecular weight is 246 g/mol. The van der Waals surface area contributed by atoms with Gasteiger partial charge in [-0.2, -0.15) is 5.26 Å². The van der Waals surface area contributed by atoms with Crippen molar-refractivity contribution in [2.75, 3.05) is 26.0 Å². The number of aromatic nitrogens is 1. The topological polar surface area (TPSA) is 52.0 Å². The van der Waals surface area contributed by atoms with Crippen LogP contribution in [-0.2, 0) is 0 Å². The Labute approximate surface area is 110 Å². The van der Waals surface area contributed by atoms with E-state index in [1.807, 2.05) is 0 Å². The van der Waals surface area contributed by atoms with Gasteiger partial charge >= 0.3 is 0 Å². The maximum absolute atomic E-state index is 9.05. The first-order chi connectivity index (χ1) is 8.52.